The summed E-state index contributed by atoms with van der Waals surface area (Å²) in [4.78, 5) is 12.2. The number of ether oxygens (including phenoxy) is 2. The highest BCUT2D eigenvalue weighted by Crippen LogP contribution is 2.38. The van der Waals surface area contributed by atoms with Gasteiger partial charge in [-0.05, 0) is 31.6 Å². The second-order valence-electron chi connectivity index (χ2n) is 6.69. The maximum atomic E-state index is 13.0. The monoisotopic (exact) mass is 384 g/mol. The number of rotatable bonds is 9. The Kier molecular flexibility index (Phi) is 7.52. The minimum atomic E-state index is -5.48. The molecule has 6 nitrogen and oxygen atoms in total. The summed E-state index contributed by atoms with van der Waals surface area (Å²) in [7, 11) is -5.48. The molecule has 0 spiro atoms. The van der Waals surface area contributed by atoms with Crippen LogP contribution in [-0.2, 0) is 24.4 Å². The van der Waals surface area contributed by atoms with Crippen LogP contribution in [0.2, 0.25) is 0 Å². The summed E-state index contributed by atoms with van der Waals surface area (Å²) in [6, 6.07) is 0. The highest BCUT2D eigenvalue weighted by molar-refractivity contribution is 7.86. The lowest BCUT2D eigenvalue weighted by Crippen LogP contribution is -2.42. The van der Waals surface area contributed by atoms with Crippen LogP contribution in [0.25, 0.3) is 0 Å². The molecule has 1 aliphatic rings. The van der Waals surface area contributed by atoms with Gasteiger partial charge in [0.25, 0.3) is 0 Å². The standard InChI is InChI=1S/C16H26F2O6S/c1-12(2)15(7-5-4-6-8-15)24-14(19)13(3)11-23-10-9-16(17,18)25(20,21)22/h12H,3-11H2,1-2H3,(H,20,21,22). The van der Waals surface area contributed by atoms with E-state index in [1.165, 1.54) is 0 Å². The Hall–Kier alpha value is -1.06. The first-order chi connectivity index (χ1) is 11.4. The van der Waals surface area contributed by atoms with E-state index in [0.29, 0.717) is 0 Å². The predicted molar refractivity (Wildman–Crippen MR) is 87.8 cm³/mol. The van der Waals surface area contributed by atoms with Crippen molar-refractivity contribution in [3.8, 4) is 0 Å². The molecule has 0 aliphatic heterocycles. The highest BCUT2D eigenvalue weighted by Gasteiger charge is 2.43. The maximum Gasteiger partial charge on any atom is 0.372 e. The van der Waals surface area contributed by atoms with Gasteiger partial charge in [0.1, 0.15) is 5.60 Å². The fourth-order valence-electron chi connectivity index (χ4n) is 2.78. The van der Waals surface area contributed by atoms with Gasteiger partial charge in [-0.15, -0.1) is 0 Å². The lowest BCUT2D eigenvalue weighted by atomic mass is 9.77. The first-order valence-corrected chi connectivity index (χ1v) is 9.69. The Morgan fingerprint density at radius 1 is 1.28 bits per heavy atom. The van der Waals surface area contributed by atoms with Crippen LogP contribution in [-0.4, -0.2) is 43.0 Å². The number of carbonyl (C=O) groups excluding carboxylic acids is 1. The van der Waals surface area contributed by atoms with E-state index in [2.05, 4.69) is 6.58 Å². The van der Waals surface area contributed by atoms with Gasteiger partial charge in [-0.1, -0.05) is 26.8 Å². The van der Waals surface area contributed by atoms with Gasteiger partial charge in [0.2, 0.25) is 0 Å². The SMILES string of the molecule is C=C(COCCC(F)(F)S(=O)(=O)O)C(=O)OC1(C(C)C)CCCCC1. The van der Waals surface area contributed by atoms with Crippen LogP contribution in [0, 0.1) is 5.92 Å². The molecule has 25 heavy (non-hydrogen) atoms. The zero-order valence-electron chi connectivity index (χ0n) is 14.6. The number of esters is 1. The quantitative estimate of drug-likeness (QED) is 0.284. The molecule has 1 rings (SSSR count). The normalized spacial score (nSPS) is 18.2. The smallest absolute Gasteiger partial charge is 0.372 e. The van der Waals surface area contributed by atoms with Gasteiger partial charge in [-0.2, -0.15) is 17.2 Å². The van der Waals surface area contributed by atoms with Crippen molar-refractivity contribution in [1.29, 1.82) is 0 Å². The molecule has 0 unspecified atom stereocenters. The Bertz CT molecular complexity index is 579. The molecule has 1 saturated carbocycles. The van der Waals surface area contributed by atoms with Crippen LogP contribution in [0.15, 0.2) is 12.2 Å². The predicted octanol–water partition coefficient (Wildman–Crippen LogP) is 3.33. The fraction of sp³-hybridized carbons (Fsp3) is 0.812. The van der Waals surface area contributed by atoms with Gasteiger partial charge in [0, 0.05) is 0 Å². The summed E-state index contributed by atoms with van der Waals surface area (Å²) in [6.45, 7) is 6.49. The van der Waals surface area contributed by atoms with Gasteiger partial charge in [-0.25, -0.2) is 4.79 Å². The third-order valence-corrected chi connectivity index (χ3v) is 5.49. The Morgan fingerprint density at radius 3 is 2.32 bits per heavy atom. The second kappa shape index (κ2) is 8.55. The van der Waals surface area contributed by atoms with Crippen molar-refractivity contribution in [1.82, 2.24) is 0 Å². The van der Waals surface area contributed by atoms with E-state index in [-0.39, 0.29) is 18.1 Å². The summed E-state index contributed by atoms with van der Waals surface area (Å²) >= 11 is 0. The van der Waals surface area contributed by atoms with Crippen molar-refractivity contribution in [2.24, 2.45) is 5.92 Å². The molecule has 0 atom stereocenters. The van der Waals surface area contributed by atoms with Crippen LogP contribution in [0.3, 0.4) is 0 Å². The molecule has 1 aliphatic carbocycles. The number of hydrogen-bond acceptors (Lipinski definition) is 5. The molecule has 0 amide bonds. The fourth-order valence-corrected chi connectivity index (χ4v) is 3.12. The summed E-state index contributed by atoms with van der Waals surface area (Å²) in [5.74, 6) is -0.504. The second-order valence-corrected chi connectivity index (χ2v) is 8.24. The Morgan fingerprint density at radius 2 is 1.84 bits per heavy atom. The largest absolute Gasteiger partial charge is 0.455 e. The van der Waals surface area contributed by atoms with E-state index in [1.807, 2.05) is 13.8 Å². The molecule has 146 valence electrons. The average Bonchev–Trinajstić information content (AvgIpc) is 2.50. The molecule has 9 heteroatoms. The van der Waals surface area contributed by atoms with E-state index in [0.717, 1.165) is 32.1 Å². The molecule has 1 N–H and O–H groups in total. The van der Waals surface area contributed by atoms with E-state index in [1.54, 1.807) is 0 Å². The van der Waals surface area contributed by atoms with E-state index >= 15 is 0 Å². The minimum Gasteiger partial charge on any atom is -0.455 e. The number of alkyl halides is 2. The lowest BCUT2D eigenvalue weighted by Gasteiger charge is -2.40. The topological polar surface area (TPSA) is 89.9 Å². The molecule has 0 heterocycles. The van der Waals surface area contributed by atoms with E-state index < -0.39 is 40.0 Å². The zero-order chi connectivity index (χ0) is 19.3. The average molecular weight is 384 g/mol. The summed E-state index contributed by atoms with van der Waals surface area (Å²) in [5.41, 5.74) is -0.572. The molecule has 0 saturated heterocycles. The molecular weight excluding hydrogens is 358 g/mol. The Labute approximate surface area is 147 Å². The van der Waals surface area contributed by atoms with Crippen LogP contribution in [0.1, 0.15) is 52.4 Å². The van der Waals surface area contributed by atoms with Crippen molar-refractivity contribution in [3.05, 3.63) is 12.2 Å². The molecule has 0 bridgehead atoms. The van der Waals surface area contributed by atoms with Crippen LogP contribution in [0.4, 0.5) is 8.78 Å². The molecule has 0 radical (unpaired) electrons. The van der Waals surface area contributed by atoms with Crippen molar-refractivity contribution < 1.29 is 36.0 Å². The third kappa shape index (κ3) is 6.00. The van der Waals surface area contributed by atoms with Crippen molar-refractivity contribution in [2.45, 2.75) is 63.2 Å². The zero-order valence-corrected chi connectivity index (χ0v) is 15.4. The molecule has 0 aromatic rings. The van der Waals surface area contributed by atoms with Crippen molar-refractivity contribution in [3.63, 3.8) is 0 Å². The van der Waals surface area contributed by atoms with Crippen molar-refractivity contribution >= 4 is 16.1 Å². The third-order valence-electron chi connectivity index (χ3n) is 4.53. The van der Waals surface area contributed by atoms with E-state index in [4.69, 9.17) is 14.0 Å². The molecular formula is C16H26F2O6S. The van der Waals surface area contributed by atoms with Crippen LogP contribution in [0.5, 0.6) is 0 Å². The highest BCUT2D eigenvalue weighted by atomic mass is 32.2. The minimum absolute atomic E-state index is 0.0271. The number of hydrogen-bond donors (Lipinski definition) is 1. The Balaban J connectivity index is 2.48. The first kappa shape index (κ1) is 22.0. The number of halogens is 2. The number of carbonyl (C=O) groups is 1. The lowest BCUT2D eigenvalue weighted by molar-refractivity contribution is -0.165. The van der Waals surface area contributed by atoms with Gasteiger partial charge in [0.05, 0.1) is 25.2 Å². The first-order valence-electron chi connectivity index (χ1n) is 8.25. The summed E-state index contributed by atoms with van der Waals surface area (Å²) in [5, 5.41) is -4.29. The molecule has 0 aromatic carbocycles. The van der Waals surface area contributed by atoms with Crippen molar-refractivity contribution in [2.75, 3.05) is 13.2 Å². The van der Waals surface area contributed by atoms with Gasteiger partial charge >= 0.3 is 21.3 Å². The van der Waals surface area contributed by atoms with Gasteiger partial charge in [-0.3, -0.25) is 4.55 Å². The molecule has 0 aromatic heterocycles. The summed E-state index contributed by atoms with van der Waals surface area (Å²) in [6.07, 6.45) is 3.36. The van der Waals surface area contributed by atoms with Gasteiger partial charge < -0.3 is 9.47 Å². The van der Waals surface area contributed by atoms with Gasteiger partial charge in [0.15, 0.2) is 0 Å². The molecule has 1 fully saturated rings. The van der Waals surface area contributed by atoms with E-state index in [9.17, 15) is 22.0 Å². The maximum absolute atomic E-state index is 13.0. The van der Waals surface area contributed by atoms with Crippen LogP contribution < -0.4 is 0 Å². The van der Waals surface area contributed by atoms with Crippen LogP contribution >= 0.6 is 0 Å². The summed E-state index contributed by atoms with van der Waals surface area (Å²) < 4.78 is 65.9.